The summed E-state index contributed by atoms with van der Waals surface area (Å²) < 4.78 is 5.33. The van der Waals surface area contributed by atoms with Crippen molar-refractivity contribution in [1.82, 2.24) is 15.5 Å². The van der Waals surface area contributed by atoms with Crippen molar-refractivity contribution < 1.29 is 4.74 Å². The third-order valence-corrected chi connectivity index (χ3v) is 3.82. The molecule has 0 radical (unpaired) electrons. The van der Waals surface area contributed by atoms with Crippen molar-refractivity contribution in [3.05, 3.63) is 0 Å². The Hall–Kier alpha value is -0.0800. The minimum Gasteiger partial charge on any atom is -0.382 e. The molecule has 1 fully saturated rings. The van der Waals surface area contributed by atoms with Gasteiger partial charge in [-0.05, 0) is 51.6 Å². The molecule has 22 heavy (non-hydrogen) atoms. The largest absolute Gasteiger partial charge is 0.382 e. The molecule has 0 aromatic carbocycles. The number of ether oxygens (including phenoxy) is 1. The first-order valence-electron chi connectivity index (χ1n) is 8.50. The first-order chi connectivity index (χ1) is 10.3. The van der Waals surface area contributed by atoms with Crippen molar-refractivity contribution in [1.29, 1.82) is 0 Å². The zero-order valence-electron chi connectivity index (χ0n) is 14.6. The van der Waals surface area contributed by atoms with Gasteiger partial charge in [0.15, 0.2) is 5.96 Å². The van der Waals surface area contributed by atoms with Gasteiger partial charge in [0.2, 0.25) is 0 Å². The maximum absolute atomic E-state index is 5.33. The fraction of sp³-hybridized carbons (Fsp3) is 0.938. The number of aliphatic imine (C=N–C) groups is 1. The molecule has 1 unspecified atom stereocenters. The monoisotopic (exact) mass is 426 g/mol. The minimum atomic E-state index is 0. The summed E-state index contributed by atoms with van der Waals surface area (Å²) in [4.78, 5) is 6.84. The fourth-order valence-electron chi connectivity index (χ4n) is 2.64. The Morgan fingerprint density at radius 1 is 1.23 bits per heavy atom. The molecule has 0 saturated carbocycles. The zero-order chi connectivity index (χ0) is 15.3. The van der Waals surface area contributed by atoms with Crippen LogP contribution in [0.25, 0.3) is 0 Å². The van der Waals surface area contributed by atoms with E-state index in [1.54, 1.807) is 0 Å². The molecule has 0 aromatic heterocycles. The summed E-state index contributed by atoms with van der Waals surface area (Å²) in [6, 6.07) is 0. The molecule has 1 heterocycles. The molecule has 0 aromatic rings. The van der Waals surface area contributed by atoms with Crippen LogP contribution in [0.4, 0.5) is 0 Å². The normalized spacial score (nSPS) is 17.1. The summed E-state index contributed by atoms with van der Waals surface area (Å²) in [5.41, 5.74) is 0. The number of halogens is 1. The van der Waals surface area contributed by atoms with E-state index in [0.29, 0.717) is 5.92 Å². The van der Waals surface area contributed by atoms with Gasteiger partial charge in [0, 0.05) is 39.9 Å². The number of hydrogen-bond acceptors (Lipinski definition) is 3. The van der Waals surface area contributed by atoms with Crippen molar-refractivity contribution in [2.75, 3.05) is 53.0 Å². The molecule has 0 aliphatic carbocycles. The molecule has 5 nitrogen and oxygen atoms in total. The fourth-order valence-corrected chi connectivity index (χ4v) is 2.64. The first-order valence-corrected chi connectivity index (χ1v) is 8.50. The van der Waals surface area contributed by atoms with E-state index in [4.69, 9.17) is 4.74 Å². The van der Waals surface area contributed by atoms with Crippen LogP contribution in [0.5, 0.6) is 0 Å². The second-order valence-corrected chi connectivity index (χ2v) is 5.90. The molecule has 132 valence electrons. The number of rotatable bonds is 10. The van der Waals surface area contributed by atoms with Crippen molar-refractivity contribution in [2.45, 2.75) is 39.5 Å². The zero-order valence-corrected chi connectivity index (χ0v) is 16.9. The minimum absolute atomic E-state index is 0. The maximum atomic E-state index is 5.33. The van der Waals surface area contributed by atoms with Gasteiger partial charge in [0.1, 0.15) is 0 Å². The van der Waals surface area contributed by atoms with Crippen LogP contribution in [-0.2, 0) is 4.74 Å². The Morgan fingerprint density at radius 3 is 2.59 bits per heavy atom. The average molecular weight is 426 g/mol. The van der Waals surface area contributed by atoms with Gasteiger partial charge in [-0.2, -0.15) is 0 Å². The molecule has 1 atom stereocenters. The van der Waals surface area contributed by atoms with Crippen molar-refractivity contribution >= 4 is 29.9 Å². The maximum Gasteiger partial charge on any atom is 0.190 e. The van der Waals surface area contributed by atoms with Crippen LogP contribution in [0.15, 0.2) is 4.99 Å². The van der Waals surface area contributed by atoms with E-state index in [9.17, 15) is 0 Å². The highest BCUT2D eigenvalue weighted by atomic mass is 127. The molecule has 0 spiro atoms. The standard InChI is InChI=1S/C16H34N4O.HI/c1-4-21-12-8-5-9-18-16(17-3)19-13-15(2)14-20-10-6-7-11-20;/h15H,4-14H2,1-3H3,(H2,17,18,19);1H. The molecule has 6 heteroatoms. The third kappa shape index (κ3) is 10.6. The van der Waals surface area contributed by atoms with E-state index >= 15 is 0 Å². The molecule has 0 amide bonds. The van der Waals surface area contributed by atoms with Crippen molar-refractivity contribution in [2.24, 2.45) is 10.9 Å². The predicted molar refractivity (Wildman–Crippen MR) is 105 cm³/mol. The highest BCUT2D eigenvalue weighted by molar-refractivity contribution is 14.0. The molecule has 1 rings (SSSR count). The smallest absolute Gasteiger partial charge is 0.190 e. The quantitative estimate of drug-likeness (QED) is 0.244. The number of nitrogens with one attached hydrogen (secondary N) is 2. The summed E-state index contributed by atoms with van der Waals surface area (Å²) in [6.07, 6.45) is 4.95. The highest BCUT2D eigenvalue weighted by Crippen LogP contribution is 2.09. The van der Waals surface area contributed by atoms with E-state index in [1.165, 1.54) is 32.5 Å². The lowest BCUT2D eigenvalue weighted by Crippen LogP contribution is -2.41. The highest BCUT2D eigenvalue weighted by Gasteiger charge is 2.14. The molecule has 0 bridgehead atoms. The lowest BCUT2D eigenvalue weighted by atomic mass is 10.1. The molecule has 1 aliphatic heterocycles. The molecular weight excluding hydrogens is 391 g/mol. The van der Waals surface area contributed by atoms with Crippen molar-refractivity contribution in [3.63, 3.8) is 0 Å². The summed E-state index contributed by atoms with van der Waals surface area (Å²) >= 11 is 0. The molecule has 1 aliphatic rings. The van der Waals surface area contributed by atoms with E-state index in [1.807, 2.05) is 14.0 Å². The molecular formula is C16H35IN4O. The van der Waals surface area contributed by atoms with E-state index in [-0.39, 0.29) is 24.0 Å². The van der Waals surface area contributed by atoms with E-state index < -0.39 is 0 Å². The second kappa shape index (κ2) is 14.5. The van der Waals surface area contributed by atoms with Crippen LogP contribution in [0.3, 0.4) is 0 Å². The van der Waals surface area contributed by atoms with Crippen LogP contribution in [0.1, 0.15) is 39.5 Å². The Morgan fingerprint density at radius 2 is 1.95 bits per heavy atom. The molecule has 2 N–H and O–H groups in total. The number of guanidine groups is 1. The first kappa shape index (κ1) is 21.9. The van der Waals surface area contributed by atoms with Gasteiger partial charge in [-0.3, -0.25) is 4.99 Å². The lowest BCUT2D eigenvalue weighted by Gasteiger charge is -2.21. The summed E-state index contributed by atoms with van der Waals surface area (Å²) in [6.45, 7) is 11.7. The second-order valence-electron chi connectivity index (χ2n) is 5.90. The number of nitrogens with zero attached hydrogens (tertiary/aromatic N) is 2. The number of hydrogen-bond donors (Lipinski definition) is 2. The van der Waals surface area contributed by atoms with Crippen LogP contribution in [0.2, 0.25) is 0 Å². The Balaban J connectivity index is 0.00000441. The van der Waals surface area contributed by atoms with Gasteiger partial charge in [0.05, 0.1) is 0 Å². The predicted octanol–water partition coefficient (Wildman–Crippen LogP) is 2.32. The van der Waals surface area contributed by atoms with Gasteiger partial charge in [0.25, 0.3) is 0 Å². The van der Waals surface area contributed by atoms with Crippen LogP contribution in [-0.4, -0.2) is 63.8 Å². The van der Waals surface area contributed by atoms with E-state index in [2.05, 4.69) is 27.4 Å². The van der Waals surface area contributed by atoms with Crippen LogP contribution in [0, 0.1) is 5.92 Å². The van der Waals surface area contributed by atoms with E-state index in [0.717, 1.165) is 45.1 Å². The summed E-state index contributed by atoms with van der Waals surface area (Å²) in [5.74, 6) is 1.57. The van der Waals surface area contributed by atoms with Crippen molar-refractivity contribution in [3.8, 4) is 0 Å². The van der Waals surface area contributed by atoms with Gasteiger partial charge in [-0.1, -0.05) is 6.92 Å². The number of likely N-dealkylation sites (tertiary alicyclic amines) is 1. The average Bonchev–Trinajstić information content (AvgIpc) is 2.98. The van der Waals surface area contributed by atoms with Gasteiger partial charge >= 0.3 is 0 Å². The molecule has 1 saturated heterocycles. The van der Waals surface area contributed by atoms with Crippen LogP contribution < -0.4 is 10.6 Å². The topological polar surface area (TPSA) is 48.9 Å². The SMILES string of the molecule is CCOCCCCNC(=NC)NCC(C)CN1CCCC1.I. The number of unbranched alkanes of at least 4 members (excludes halogenated alkanes) is 1. The Kier molecular flexibility index (Phi) is 14.5. The Labute approximate surface area is 153 Å². The van der Waals surface area contributed by atoms with Crippen LogP contribution >= 0.6 is 24.0 Å². The van der Waals surface area contributed by atoms with Gasteiger partial charge in [-0.15, -0.1) is 24.0 Å². The Bertz CT molecular complexity index is 283. The summed E-state index contributed by atoms with van der Waals surface area (Å²) in [5, 5.41) is 6.79. The van der Waals surface area contributed by atoms with Gasteiger partial charge in [-0.25, -0.2) is 0 Å². The van der Waals surface area contributed by atoms with Gasteiger partial charge < -0.3 is 20.3 Å². The third-order valence-electron chi connectivity index (χ3n) is 3.82. The lowest BCUT2D eigenvalue weighted by molar-refractivity contribution is 0.143. The summed E-state index contributed by atoms with van der Waals surface area (Å²) in [7, 11) is 1.83.